The lowest BCUT2D eigenvalue weighted by Crippen LogP contribution is -2.52. The molecule has 2 unspecified atom stereocenters. The number of nitrogens with one attached hydrogen (secondary N) is 1. The molecule has 0 aliphatic carbocycles. The fraction of sp³-hybridized carbons (Fsp3) is 0.647. The molecule has 1 rings (SSSR count). The van der Waals surface area contributed by atoms with Crippen molar-refractivity contribution in [3.8, 4) is 5.75 Å². The molecule has 0 heterocycles. The van der Waals surface area contributed by atoms with Gasteiger partial charge in [0.2, 0.25) is 0 Å². The highest BCUT2D eigenvalue weighted by molar-refractivity contribution is 5.37. The molecule has 0 fully saturated rings. The van der Waals surface area contributed by atoms with E-state index in [1.54, 1.807) is 7.11 Å². The standard InChI is InChI=1S/C17H30N2O2/c1-7-21-16(17(3,4)5)14(19-18)11-13-10-12(2)8-9-15(13)20-6/h8-10,14,16,19H,7,11,18H2,1-6H3. The fourth-order valence-corrected chi connectivity index (χ4v) is 2.71. The van der Waals surface area contributed by atoms with E-state index < -0.39 is 0 Å². The van der Waals surface area contributed by atoms with Crippen LogP contribution >= 0.6 is 0 Å². The molecular weight excluding hydrogens is 264 g/mol. The predicted molar refractivity (Wildman–Crippen MR) is 87.4 cm³/mol. The largest absolute Gasteiger partial charge is 0.496 e. The molecular formula is C17H30N2O2. The first-order valence-corrected chi connectivity index (χ1v) is 7.54. The minimum atomic E-state index is 0.00407. The van der Waals surface area contributed by atoms with Crippen molar-refractivity contribution in [2.75, 3.05) is 13.7 Å². The van der Waals surface area contributed by atoms with E-state index in [2.05, 4.69) is 45.3 Å². The minimum absolute atomic E-state index is 0.00407. The lowest BCUT2D eigenvalue weighted by Gasteiger charge is -2.36. The van der Waals surface area contributed by atoms with Gasteiger partial charge >= 0.3 is 0 Å². The molecule has 120 valence electrons. The average molecular weight is 294 g/mol. The van der Waals surface area contributed by atoms with Gasteiger partial charge < -0.3 is 9.47 Å². The van der Waals surface area contributed by atoms with Crippen molar-refractivity contribution in [1.29, 1.82) is 0 Å². The molecule has 0 amide bonds. The van der Waals surface area contributed by atoms with Gasteiger partial charge in [-0.2, -0.15) is 0 Å². The number of ether oxygens (including phenoxy) is 2. The Bertz CT molecular complexity index is 441. The second-order valence-electron chi connectivity index (χ2n) is 6.53. The SMILES string of the molecule is CCOC(C(Cc1cc(C)ccc1OC)NN)C(C)(C)C. The quantitative estimate of drug-likeness (QED) is 0.600. The number of hydrazine groups is 1. The first-order valence-electron chi connectivity index (χ1n) is 7.54. The summed E-state index contributed by atoms with van der Waals surface area (Å²) in [6.07, 6.45) is 0.793. The van der Waals surface area contributed by atoms with Crippen LogP contribution in [0.4, 0.5) is 0 Å². The molecule has 0 saturated carbocycles. The van der Waals surface area contributed by atoms with Crippen LogP contribution in [0.5, 0.6) is 5.75 Å². The molecule has 1 aromatic carbocycles. The van der Waals surface area contributed by atoms with Gasteiger partial charge in [0.05, 0.1) is 19.3 Å². The molecule has 2 atom stereocenters. The monoisotopic (exact) mass is 294 g/mol. The maximum atomic E-state index is 5.95. The molecule has 3 N–H and O–H groups in total. The van der Waals surface area contributed by atoms with Crippen LogP contribution in [0.2, 0.25) is 0 Å². The van der Waals surface area contributed by atoms with Crippen molar-refractivity contribution in [3.63, 3.8) is 0 Å². The van der Waals surface area contributed by atoms with Crippen LogP contribution < -0.4 is 16.0 Å². The van der Waals surface area contributed by atoms with Crippen molar-refractivity contribution in [3.05, 3.63) is 29.3 Å². The van der Waals surface area contributed by atoms with Gasteiger partial charge in [-0.1, -0.05) is 38.5 Å². The van der Waals surface area contributed by atoms with E-state index in [-0.39, 0.29) is 17.6 Å². The summed E-state index contributed by atoms with van der Waals surface area (Å²) < 4.78 is 11.4. The minimum Gasteiger partial charge on any atom is -0.496 e. The number of methoxy groups -OCH3 is 1. The molecule has 0 aromatic heterocycles. The molecule has 21 heavy (non-hydrogen) atoms. The van der Waals surface area contributed by atoms with Gasteiger partial charge in [-0.05, 0) is 37.3 Å². The van der Waals surface area contributed by atoms with E-state index in [4.69, 9.17) is 15.3 Å². The topological polar surface area (TPSA) is 56.5 Å². The fourth-order valence-electron chi connectivity index (χ4n) is 2.71. The Hall–Kier alpha value is -1.10. The number of nitrogens with two attached hydrogens (primary N) is 1. The van der Waals surface area contributed by atoms with Gasteiger partial charge in [0.1, 0.15) is 5.75 Å². The molecule has 0 spiro atoms. The highest BCUT2D eigenvalue weighted by Crippen LogP contribution is 2.29. The van der Waals surface area contributed by atoms with Crippen molar-refractivity contribution >= 4 is 0 Å². The van der Waals surface area contributed by atoms with Crippen molar-refractivity contribution in [2.24, 2.45) is 11.3 Å². The number of hydrogen-bond donors (Lipinski definition) is 2. The van der Waals surface area contributed by atoms with Crippen LogP contribution in [0.25, 0.3) is 0 Å². The number of benzene rings is 1. The van der Waals surface area contributed by atoms with Gasteiger partial charge in [0.15, 0.2) is 0 Å². The third-order valence-corrected chi connectivity index (χ3v) is 3.66. The van der Waals surface area contributed by atoms with Gasteiger partial charge in [0, 0.05) is 6.61 Å². The molecule has 0 aliphatic rings. The highest BCUT2D eigenvalue weighted by Gasteiger charge is 2.33. The van der Waals surface area contributed by atoms with Crippen LogP contribution in [0.15, 0.2) is 18.2 Å². The lowest BCUT2D eigenvalue weighted by atomic mass is 9.82. The van der Waals surface area contributed by atoms with Crippen LogP contribution in [-0.4, -0.2) is 25.9 Å². The Morgan fingerprint density at radius 1 is 1.29 bits per heavy atom. The van der Waals surface area contributed by atoms with Crippen LogP contribution in [0.3, 0.4) is 0 Å². The highest BCUT2D eigenvalue weighted by atomic mass is 16.5. The first-order chi connectivity index (χ1) is 9.83. The summed E-state index contributed by atoms with van der Waals surface area (Å²) in [5, 5.41) is 0. The zero-order valence-corrected chi connectivity index (χ0v) is 14.2. The van der Waals surface area contributed by atoms with Crippen LogP contribution in [0, 0.1) is 12.3 Å². The summed E-state index contributed by atoms with van der Waals surface area (Å²) in [5.41, 5.74) is 5.30. The second kappa shape index (κ2) is 7.78. The average Bonchev–Trinajstić information content (AvgIpc) is 2.41. The first kappa shape index (κ1) is 18.0. The number of hydrogen-bond acceptors (Lipinski definition) is 4. The zero-order valence-electron chi connectivity index (χ0n) is 14.2. The third kappa shape index (κ3) is 4.99. The van der Waals surface area contributed by atoms with E-state index >= 15 is 0 Å². The Kier molecular flexibility index (Phi) is 6.65. The summed E-state index contributed by atoms with van der Waals surface area (Å²) in [6, 6.07) is 6.23. The maximum Gasteiger partial charge on any atom is 0.122 e. The Balaban J connectivity index is 3.02. The summed E-state index contributed by atoms with van der Waals surface area (Å²) in [5.74, 6) is 6.70. The van der Waals surface area contributed by atoms with Gasteiger partial charge in [-0.3, -0.25) is 11.3 Å². The zero-order chi connectivity index (χ0) is 16.0. The van der Waals surface area contributed by atoms with E-state index in [1.807, 2.05) is 13.0 Å². The second-order valence-corrected chi connectivity index (χ2v) is 6.53. The smallest absolute Gasteiger partial charge is 0.122 e. The summed E-state index contributed by atoms with van der Waals surface area (Å²) in [6.45, 7) is 11.3. The van der Waals surface area contributed by atoms with Crippen molar-refractivity contribution in [2.45, 2.75) is 53.2 Å². The van der Waals surface area contributed by atoms with Gasteiger partial charge in [-0.15, -0.1) is 0 Å². The molecule has 0 radical (unpaired) electrons. The van der Waals surface area contributed by atoms with E-state index in [9.17, 15) is 0 Å². The Morgan fingerprint density at radius 2 is 1.95 bits per heavy atom. The van der Waals surface area contributed by atoms with Gasteiger partial charge in [0.25, 0.3) is 0 Å². The molecule has 0 aliphatic heterocycles. The predicted octanol–water partition coefficient (Wildman–Crippen LogP) is 2.83. The maximum absolute atomic E-state index is 5.95. The molecule has 4 heteroatoms. The molecule has 0 saturated heterocycles. The van der Waals surface area contributed by atoms with Crippen LogP contribution in [0.1, 0.15) is 38.8 Å². The lowest BCUT2D eigenvalue weighted by molar-refractivity contribution is -0.0356. The van der Waals surface area contributed by atoms with Crippen LogP contribution in [-0.2, 0) is 11.2 Å². The summed E-state index contributed by atoms with van der Waals surface area (Å²) in [7, 11) is 1.70. The third-order valence-electron chi connectivity index (χ3n) is 3.66. The Labute approximate surface area is 129 Å². The normalized spacial score (nSPS) is 14.8. The van der Waals surface area contributed by atoms with Crippen molar-refractivity contribution < 1.29 is 9.47 Å². The molecule has 1 aromatic rings. The summed E-state index contributed by atoms with van der Waals surface area (Å²) >= 11 is 0. The molecule has 4 nitrogen and oxygen atoms in total. The summed E-state index contributed by atoms with van der Waals surface area (Å²) in [4.78, 5) is 0. The number of aryl methyl sites for hydroxylation is 1. The van der Waals surface area contributed by atoms with Gasteiger partial charge in [-0.25, -0.2) is 0 Å². The van der Waals surface area contributed by atoms with Crippen molar-refractivity contribution in [1.82, 2.24) is 5.43 Å². The number of rotatable bonds is 7. The van der Waals surface area contributed by atoms with E-state index in [0.717, 1.165) is 17.7 Å². The molecule has 0 bridgehead atoms. The van der Waals surface area contributed by atoms with E-state index in [0.29, 0.717) is 6.61 Å². The Morgan fingerprint density at radius 3 is 2.43 bits per heavy atom. The van der Waals surface area contributed by atoms with E-state index in [1.165, 1.54) is 5.56 Å².